The maximum absolute atomic E-state index is 13.9. The lowest BCUT2D eigenvalue weighted by Crippen LogP contribution is -2.50. The van der Waals surface area contributed by atoms with E-state index in [2.05, 4.69) is 15.0 Å². The van der Waals surface area contributed by atoms with Crippen molar-refractivity contribution in [2.75, 3.05) is 0 Å². The average Bonchev–Trinajstić information content (AvgIpc) is 3.85. The summed E-state index contributed by atoms with van der Waals surface area (Å²) in [6.07, 6.45) is 6.06. The molecule has 0 radical (unpaired) electrons. The van der Waals surface area contributed by atoms with Crippen LogP contribution in [0.2, 0.25) is 0 Å². The number of hydrogen-bond donors (Lipinski definition) is 2. The number of aryl methyl sites for hydroxylation is 1. The van der Waals surface area contributed by atoms with E-state index in [9.17, 15) is 18.0 Å². The molecular weight excluding hydrogens is 560 g/mol. The minimum atomic E-state index is -3.54. The van der Waals surface area contributed by atoms with Crippen molar-refractivity contribution in [3.8, 4) is 0 Å². The van der Waals surface area contributed by atoms with E-state index in [-0.39, 0.29) is 35.7 Å². The van der Waals surface area contributed by atoms with E-state index in [4.69, 9.17) is 0 Å². The maximum atomic E-state index is 13.9. The molecule has 8 nitrogen and oxygen atoms in total. The topological polar surface area (TPSA) is 108 Å². The van der Waals surface area contributed by atoms with Crippen molar-refractivity contribution in [3.63, 3.8) is 0 Å². The Morgan fingerprint density at radius 3 is 2.09 bits per heavy atom. The monoisotopic (exact) mass is 596 g/mol. The zero-order valence-corrected chi connectivity index (χ0v) is 24.7. The summed E-state index contributed by atoms with van der Waals surface area (Å²) in [7, 11) is -3.54. The highest BCUT2D eigenvalue weighted by atomic mass is 32.2. The van der Waals surface area contributed by atoms with Gasteiger partial charge in [0.25, 0.3) is 0 Å². The van der Waals surface area contributed by atoms with E-state index in [0.29, 0.717) is 19.4 Å². The number of sulfonamides is 1. The normalized spacial score (nSPS) is 13.7. The Balaban J connectivity index is 1.34. The predicted molar refractivity (Wildman–Crippen MR) is 165 cm³/mol. The minimum Gasteiger partial charge on any atom is -0.350 e. The Labute approximate surface area is 253 Å². The molecule has 5 rings (SSSR count). The number of benzene rings is 3. The fraction of sp³-hybridized carbons (Fsp3) is 0.265. The number of hydrogen-bond acceptors (Lipinski definition) is 5. The zero-order valence-electron chi connectivity index (χ0n) is 23.9. The van der Waals surface area contributed by atoms with Gasteiger partial charge < -0.3 is 10.2 Å². The van der Waals surface area contributed by atoms with Crippen molar-refractivity contribution in [2.24, 2.45) is 0 Å². The van der Waals surface area contributed by atoms with Crippen LogP contribution in [-0.2, 0) is 45.5 Å². The molecule has 0 saturated heterocycles. The van der Waals surface area contributed by atoms with Crippen LogP contribution in [0.25, 0.3) is 0 Å². The van der Waals surface area contributed by atoms with Crippen LogP contribution in [0.3, 0.4) is 0 Å². The fourth-order valence-electron chi connectivity index (χ4n) is 4.86. The molecule has 43 heavy (non-hydrogen) atoms. The Morgan fingerprint density at radius 2 is 1.47 bits per heavy atom. The summed E-state index contributed by atoms with van der Waals surface area (Å²) in [6.45, 7) is 0.581. The molecule has 4 aromatic rings. The van der Waals surface area contributed by atoms with Gasteiger partial charge in [0.2, 0.25) is 21.8 Å². The van der Waals surface area contributed by atoms with Crippen molar-refractivity contribution < 1.29 is 18.0 Å². The molecule has 1 fully saturated rings. The smallest absolute Gasteiger partial charge is 0.243 e. The fourth-order valence-corrected chi connectivity index (χ4v) is 6.17. The van der Waals surface area contributed by atoms with Gasteiger partial charge in [0.15, 0.2) is 0 Å². The first kappa shape index (κ1) is 30.1. The average molecular weight is 597 g/mol. The van der Waals surface area contributed by atoms with Crippen molar-refractivity contribution in [3.05, 3.63) is 132 Å². The van der Waals surface area contributed by atoms with Gasteiger partial charge in [-0.25, -0.2) is 13.1 Å². The number of carbonyl (C=O) groups excluding carboxylic acids is 2. The van der Waals surface area contributed by atoms with Gasteiger partial charge in [-0.15, -0.1) is 0 Å². The molecule has 2 amide bonds. The molecule has 1 aliphatic rings. The molecule has 1 heterocycles. The van der Waals surface area contributed by atoms with Gasteiger partial charge in [0, 0.05) is 44.4 Å². The zero-order chi connectivity index (χ0) is 30.1. The second-order valence-corrected chi connectivity index (χ2v) is 12.5. The van der Waals surface area contributed by atoms with E-state index < -0.39 is 16.1 Å². The number of nitrogens with one attached hydrogen (secondary N) is 2. The Hall–Kier alpha value is -4.34. The number of rotatable bonds is 14. The van der Waals surface area contributed by atoms with Crippen molar-refractivity contribution in [1.29, 1.82) is 0 Å². The number of carbonyl (C=O) groups is 2. The molecule has 3 aromatic carbocycles. The molecule has 2 N–H and O–H groups in total. The highest BCUT2D eigenvalue weighted by Gasteiger charge is 2.30. The molecule has 1 atom stereocenters. The van der Waals surface area contributed by atoms with Crippen LogP contribution in [0.4, 0.5) is 0 Å². The molecule has 9 heteroatoms. The Kier molecular flexibility index (Phi) is 9.96. The van der Waals surface area contributed by atoms with Crippen LogP contribution in [-0.4, -0.2) is 42.2 Å². The van der Waals surface area contributed by atoms with Crippen LogP contribution < -0.4 is 10.0 Å². The number of aromatic nitrogens is 1. The van der Waals surface area contributed by atoms with E-state index in [1.54, 1.807) is 41.6 Å². The molecule has 1 aromatic heterocycles. The summed E-state index contributed by atoms with van der Waals surface area (Å²) >= 11 is 0. The van der Waals surface area contributed by atoms with Crippen molar-refractivity contribution in [2.45, 2.75) is 62.2 Å². The molecule has 0 aliphatic heterocycles. The quantitative estimate of drug-likeness (QED) is 0.224. The van der Waals surface area contributed by atoms with E-state index >= 15 is 0 Å². The van der Waals surface area contributed by atoms with E-state index in [1.165, 1.54) is 0 Å². The predicted octanol–water partition coefficient (Wildman–Crippen LogP) is 4.41. The Bertz CT molecular complexity index is 1590. The first-order valence-corrected chi connectivity index (χ1v) is 16.0. The SMILES string of the molecule is O=C(NCc1cccnc1)C(Cc1ccccc1)N(Cc1ccccc1)C(=O)CCc1ccc(S(=O)(=O)NC2CC2)cc1. The third-order valence-electron chi connectivity index (χ3n) is 7.42. The van der Waals surface area contributed by atoms with Gasteiger partial charge in [-0.3, -0.25) is 14.6 Å². The summed E-state index contributed by atoms with van der Waals surface area (Å²) in [4.78, 5) is 33.7. The third-order valence-corrected chi connectivity index (χ3v) is 8.95. The number of amides is 2. The van der Waals surface area contributed by atoms with Crippen LogP contribution in [0.1, 0.15) is 41.5 Å². The standard InChI is InChI=1S/C34H36N4O4S/c39-33(20-15-26-13-18-31(19-14-26)43(41,42)37-30-16-17-30)38(25-28-10-5-2-6-11-28)32(22-27-8-3-1-4-9-27)34(40)36-24-29-12-7-21-35-23-29/h1-14,18-19,21,23,30,32,37H,15-17,20,22,24-25H2,(H,36,40). The van der Waals surface area contributed by atoms with Crippen LogP contribution >= 0.6 is 0 Å². The second-order valence-electron chi connectivity index (χ2n) is 10.8. The van der Waals surface area contributed by atoms with Gasteiger partial charge in [-0.05, 0) is 59.7 Å². The van der Waals surface area contributed by atoms with Crippen LogP contribution in [0.15, 0.2) is 114 Å². The molecule has 1 aliphatic carbocycles. The largest absolute Gasteiger partial charge is 0.350 e. The Morgan fingerprint density at radius 1 is 0.814 bits per heavy atom. The lowest BCUT2D eigenvalue weighted by atomic mass is 10.0. The number of nitrogens with zero attached hydrogens (tertiary/aromatic N) is 2. The summed E-state index contributed by atoms with van der Waals surface area (Å²) < 4.78 is 27.8. The van der Waals surface area contributed by atoms with Crippen LogP contribution in [0.5, 0.6) is 0 Å². The van der Waals surface area contributed by atoms with Gasteiger partial charge >= 0.3 is 0 Å². The molecule has 222 valence electrons. The first-order valence-electron chi connectivity index (χ1n) is 14.5. The minimum absolute atomic E-state index is 0.0308. The lowest BCUT2D eigenvalue weighted by Gasteiger charge is -2.31. The first-order chi connectivity index (χ1) is 20.9. The van der Waals surface area contributed by atoms with Gasteiger partial charge in [0.05, 0.1) is 4.90 Å². The third kappa shape index (κ3) is 8.83. The van der Waals surface area contributed by atoms with Crippen LogP contribution in [0, 0.1) is 0 Å². The maximum Gasteiger partial charge on any atom is 0.243 e. The highest BCUT2D eigenvalue weighted by molar-refractivity contribution is 7.89. The molecule has 1 saturated carbocycles. The highest BCUT2D eigenvalue weighted by Crippen LogP contribution is 2.23. The number of pyridine rings is 1. The molecular formula is C34H36N4O4S. The summed E-state index contributed by atoms with van der Waals surface area (Å²) in [6, 6.07) is 29.0. The summed E-state index contributed by atoms with van der Waals surface area (Å²) in [5.41, 5.74) is 3.59. The van der Waals surface area contributed by atoms with Crippen molar-refractivity contribution in [1.82, 2.24) is 19.9 Å². The van der Waals surface area contributed by atoms with Crippen molar-refractivity contribution >= 4 is 21.8 Å². The molecule has 0 spiro atoms. The van der Waals surface area contributed by atoms with E-state index in [1.807, 2.05) is 72.8 Å². The summed E-state index contributed by atoms with van der Waals surface area (Å²) in [5.74, 6) is -0.400. The molecule has 0 bridgehead atoms. The molecule has 1 unspecified atom stereocenters. The van der Waals surface area contributed by atoms with Gasteiger partial charge in [0.1, 0.15) is 6.04 Å². The second kappa shape index (κ2) is 14.2. The van der Waals surface area contributed by atoms with Gasteiger partial charge in [-0.2, -0.15) is 0 Å². The lowest BCUT2D eigenvalue weighted by molar-refractivity contribution is -0.141. The summed E-state index contributed by atoms with van der Waals surface area (Å²) in [5, 5.41) is 3.02. The van der Waals surface area contributed by atoms with Gasteiger partial charge in [-0.1, -0.05) is 78.9 Å². The van der Waals surface area contributed by atoms with E-state index in [0.717, 1.165) is 35.1 Å².